The lowest BCUT2D eigenvalue weighted by atomic mass is 10.0. The molecule has 0 bridgehead atoms. The van der Waals surface area contributed by atoms with Crippen LogP contribution in [0.5, 0.6) is 0 Å². The maximum Gasteiger partial charge on any atom is 0.251 e. The monoisotopic (exact) mass is 334 g/mol. The third kappa shape index (κ3) is 4.53. The molecule has 0 aliphatic carbocycles. The van der Waals surface area contributed by atoms with Gasteiger partial charge >= 0.3 is 0 Å². The van der Waals surface area contributed by atoms with E-state index < -0.39 is 0 Å². The Bertz CT molecular complexity index is 782. The highest BCUT2D eigenvalue weighted by atomic mass is 16.1. The van der Waals surface area contributed by atoms with Crippen LogP contribution in [0.3, 0.4) is 0 Å². The molecule has 1 unspecified atom stereocenters. The lowest BCUT2D eigenvalue weighted by Gasteiger charge is -2.19. The van der Waals surface area contributed by atoms with Crippen molar-refractivity contribution >= 4 is 5.91 Å². The summed E-state index contributed by atoms with van der Waals surface area (Å²) >= 11 is 0. The van der Waals surface area contributed by atoms with Crippen molar-refractivity contribution < 1.29 is 4.79 Å². The minimum atomic E-state index is -0.198. The summed E-state index contributed by atoms with van der Waals surface area (Å²) in [5.41, 5.74) is 2.93. The Morgan fingerprint density at radius 2 is 1.72 bits per heavy atom. The van der Waals surface area contributed by atoms with Crippen LogP contribution in [0, 0.1) is 0 Å². The highest BCUT2D eigenvalue weighted by molar-refractivity contribution is 5.94. The second-order valence-electron chi connectivity index (χ2n) is 5.97. The van der Waals surface area contributed by atoms with Crippen molar-refractivity contribution in [2.45, 2.75) is 32.4 Å². The van der Waals surface area contributed by atoms with E-state index in [4.69, 9.17) is 0 Å². The topological polar surface area (TPSA) is 59.8 Å². The maximum absolute atomic E-state index is 12.7. The Hall–Kier alpha value is -2.95. The molecule has 3 aromatic rings. The molecule has 1 aromatic heterocycles. The predicted octanol–water partition coefficient (Wildman–Crippen LogP) is 3.40. The molecule has 1 amide bonds. The average Bonchev–Trinajstić information content (AvgIpc) is 3.16. The van der Waals surface area contributed by atoms with Crippen LogP contribution < -0.4 is 5.32 Å². The molecular formula is C20H22N4O. The van der Waals surface area contributed by atoms with E-state index in [-0.39, 0.29) is 11.9 Å². The summed E-state index contributed by atoms with van der Waals surface area (Å²) in [4.78, 5) is 14.3. The zero-order chi connectivity index (χ0) is 17.5. The standard InChI is InChI=1S/C20H22N4O/c1-2-6-16-9-11-18(12-10-16)20(25)23-19(15-24-21-13-14-22-24)17-7-4-3-5-8-17/h3-5,7-14,19H,2,6,15H2,1H3,(H,23,25). The van der Waals surface area contributed by atoms with Crippen LogP contribution in [0.25, 0.3) is 0 Å². The third-order valence-corrected chi connectivity index (χ3v) is 4.07. The zero-order valence-electron chi connectivity index (χ0n) is 14.3. The number of nitrogens with zero attached hydrogens (tertiary/aromatic N) is 3. The first-order valence-corrected chi connectivity index (χ1v) is 8.55. The van der Waals surface area contributed by atoms with Crippen LogP contribution >= 0.6 is 0 Å². The molecule has 5 heteroatoms. The van der Waals surface area contributed by atoms with Gasteiger partial charge in [-0.1, -0.05) is 55.8 Å². The van der Waals surface area contributed by atoms with Crippen LogP contribution in [-0.4, -0.2) is 20.9 Å². The first-order chi connectivity index (χ1) is 12.3. The molecule has 1 atom stereocenters. The molecule has 3 rings (SSSR count). The number of amides is 1. The summed E-state index contributed by atoms with van der Waals surface area (Å²) < 4.78 is 0. The van der Waals surface area contributed by atoms with Gasteiger partial charge in [0.25, 0.3) is 5.91 Å². The largest absolute Gasteiger partial charge is 0.343 e. The van der Waals surface area contributed by atoms with Gasteiger partial charge in [-0.05, 0) is 29.7 Å². The smallest absolute Gasteiger partial charge is 0.251 e. The lowest BCUT2D eigenvalue weighted by Crippen LogP contribution is -2.32. The second-order valence-corrected chi connectivity index (χ2v) is 5.97. The van der Waals surface area contributed by atoms with Crippen molar-refractivity contribution in [1.82, 2.24) is 20.3 Å². The molecule has 2 aromatic carbocycles. The summed E-state index contributed by atoms with van der Waals surface area (Å²) in [6.45, 7) is 2.63. The van der Waals surface area contributed by atoms with Gasteiger partial charge in [-0.25, -0.2) is 0 Å². The molecule has 0 saturated heterocycles. The summed E-state index contributed by atoms with van der Waals surface area (Å²) in [7, 11) is 0. The summed E-state index contributed by atoms with van der Waals surface area (Å²) in [5.74, 6) is -0.0935. The molecule has 1 N–H and O–H groups in total. The Kier molecular flexibility index (Phi) is 5.57. The fraction of sp³-hybridized carbons (Fsp3) is 0.250. The molecule has 0 spiro atoms. The second kappa shape index (κ2) is 8.24. The van der Waals surface area contributed by atoms with E-state index in [1.807, 2.05) is 54.6 Å². The van der Waals surface area contributed by atoms with Gasteiger partial charge in [-0.15, -0.1) is 0 Å². The Balaban J connectivity index is 1.76. The molecule has 5 nitrogen and oxygen atoms in total. The quantitative estimate of drug-likeness (QED) is 0.720. The van der Waals surface area contributed by atoms with Gasteiger partial charge in [-0.3, -0.25) is 4.79 Å². The number of benzene rings is 2. The van der Waals surface area contributed by atoms with E-state index in [2.05, 4.69) is 22.4 Å². The summed E-state index contributed by atoms with van der Waals surface area (Å²) in [5, 5.41) is 11.4. The van der Waals surface area contributed by atoms with Gasteiger partial charge in [-0.2, -0.15) is 15.0 Å². The molecule has 0 fully saturated rings. The highest BCUT2D eigenvalue weighted by Crippen LogP contribution is 2.16. The van der Waals surface area contributed by atoms with Gasteiger partial charge in [0.05, 0.1) is 25.0 Å². The molecule has 0 aliphatic rings. The van der Waals surface area contributed by atoms with Crippen LogP contribution in [-0.2, 0) is 13.0 Å². The number of nitrogens with one attached hydrogen (secondary N) is 1. The fourth-order valence-electron chi connectivity index (χ4n) is 2.77. The van der Waals surface area contributed by atoms with E-state index in [1.54, 1.807) is 17.2 Å². The Morgan fingerprint density at radius 3 is 2.36 bits per heavy atom. The summed E-state index contributed by atoms with van der Waals surface area (Å²) in [6, 6.07) is 17.5. The molecule has 0 aliphatic heterocycles. The number of hydrogen-bond acceptors (Lipinski definition) is 3. The minimum absolute atomic E-state index is 0.0935. The number of hydrogen-bond donors (Lipinski definition) is 1. The van der Waals surface area contributed by atoms with E-state index in [1.165, 1.54) is 5.56 Å². The van der Waals surface area contributed by atoms with E-state index in [0.29, 0.717) is 12.1 Å². The summed E-state index contributed by atoms with van der Waals surface area (Å²) in [6.07, 6.45) is 5.39. The van der Waals surface area contributed by atoms with E-state index in [0.717, 1.165) is 18.4 Å². The molecule has 0 radical (unpaired) electrons. The lowest BCUT2D eigenvalue weighted by molar-refractivity contribution is 0.0931. The SMILES string of the molecule is CCCc1ccc(C(=O)NC(Cn2nccn2)c2ccccc2)cc1. The van der Waals surface area contributed by atoms with Gasteiger partial charge in [0, 0.05) is 5.56 Å². The molecule has 0 saturated carbocycles. The first-order valence-electron chi connectivity index (χ1n) is 8.55. The van der Waals surface area contributed by atoms with Crippen LogP contribution in [0.1, 0.15) is 40.9 Å². The molecule has 25 heavy (non-hydrogen) atoms. The zero-order valence-corrected chi connectivity index (χ0v) is 14.3. The van der Waals surface area contributed by atoms with Crippen molar-refractivity contribution in [2.24, 2.45) is 0 Å². The molecule has 1 heterocycles. The Morgan fingerprint density at radius 1 is 1.04 bits per heavy atom. The maximum atomic E-state index is 12.7. The van der Waals surface area contributed by atoms with Gasteiger partial charge in [0.1, 0.15) is 0 Å². The van der Waals surface area contributed by atoms with Crippen molar-refractivity contribution in [2.75, 3.05) is 0 Å². The van der Waals surface area contributed by atoms with E-state index in [9.17, 15) is 4.79 Å². The van der Waals surface area contributed by atoms with Gasteiger partial charge < -0.3 is 5.32 Å². The highest BCUT2D eigenvalue weighted by Gasteiger charge is 2.17. The fourth-order valence-corrected chi connectivity index (χ4v) is 2.77. The third-order valence-electron chi connectivity index (χ3n) is 4.07. The van der Waals surface area contributed by atoms with Crippen LogP contribution in [0.2, 0.25) is 0 Å². The van der Waals surface area contributed by atoms with Crippen LogP contribution in [0.15, 0.2) is 67.0 Å². The number of carbonyl (C=O) groups is 1. The molecular weight excluding hydrogens is 312 g/mol. The van der Waals surface area contributed by atoms with Crippen molar-refractivity contribution in [3.05, 3.63) is 83.7 Å². The van der Waals surface area contributed by atoms with Crippen molar-refractivity contribution in [3.8, 4) is 0 Å². The number of aromatic nitrogens is 3. The van der Waals surface area contributed by atoms with Crippen molar-refractivity contribution in [3.63, 3.8) is 0 Å². The van der Waals surface area contributed by atoms with Crippen molar-refractivity contribution in [1.29, 1.82) is 0 Å². The average molecular weight is 334 g/mol. The normalized spacial score (nSPS) is 11.9. The van der Waals surface area contributed by atoms with Gasteiger partial charge in [0.2, 0.25) is 0 Å². The Labute approximate surface area is 147 Å². The van der Waals surface area contributed by atoms with E-state index >= 15 is 0 Å². The first kappa shape index (κ1) is 16.9. The predicted molar refractivity (Wildman–Crippen MR) is 97.1 cm³/mol. The number of aryl methyl sites for hydroxylation is 1. The number of rotatable bonds is 7. The molecule has 128 valence electrons. The minimum Gasteiger partial charge on any atom is -0.343 e. The number of carbonyl (C=O) groups excluding carboxylic acids is 1. The van der Waals surface area contributed by atoms with Crippen LogP contribution in [0.4, 0.5) is 0 Å². The van der Waals surface area contributed by atoms with Gasteiger partial charge in [0.15, 0.2) is 0 Å².